The van der Waals surface area contributed by atoms with Crippen LogP contribution < -0.4 is 9.47 Å². The molecular weight excluding hydrogens is 264 g/mol. The van der Waals surface area contributed by atoms with E-state index >= 15 is 0 Å². The molecule has 0 atom stereocenters. The van der Waals surface area contributed by atoms with E-state index in [9.17, 15) is 18.4 Å². The highest BCUT2D eigenvalue weighted by Crippen LogP contribution is 2.35. The molecule has 0 saturated heterocycles. The van der Waals surface area contributed by atoms with E-state index in [1.54, 1.807) is 0 Å². The van der Waals surface area contributed by atoms with Gasteiger partial charge in [0.1, 0.15) is 5.69 Å². The number of hydrogen-bond acceptors (Lipinski definition) is 6. The zero-order valence-corrected chi connectivity index (χ0v) is 8.53. The molecule has 1 aliphatic heterocycles. The second-order valence-corrected chi connectivity index (χ2v) is 3.28. The first-order valence-electron chi connectivity index (χ1n) is 4.06. The van der Waals surface area contributed by atoms with Crippen LogP contribution >= 0.6 is 11.6 Å². The Balaban J connectivity index is 2.45. The number of nitrogens with zero attached hydrogens (tertiary/aromatic N) is 1. The van der Waals surface area contributed by atoms with E-state index in [0.29, 0.717) is 0 Å². The molecule has 1 aromatic rings. The van der Waals surface area contributed by atoms with Crippen LogP contribution in [0.15, 0.2) is 12.1 Å². The van der Waals surface area contributed by atoms with Crippen LogP contribution in [0.4, 0.5) is 18.4 Å². The third-order valence-corrected chi connectivity index (χ3v) is 1.85. The van der Waals surface area contributed by atoms with Gasteiger partial charge in [0, 0.05) is 0 Å². The fraction of sp³-hybridized carbons (Fsp3) is 0.125. The summed E-state index contributed by atoms with van der Waals surface area (Å²) in [6, 6.07) is 1.77. The lowest BCUT2D eigenvalue weighted by Gasteiger charge is -2.08. The fourth-order valence-electron chi connectivity index (χ4n) is 1.01. The molecule has 2 rings (SSSR count). The Kier molecular flexibility index (Phi) is 2.58. The van der Waals surface area contributed by atoms with Gasteiger partial charge in [0.2, 0.25) is 0 Å². The average Bonchev–Trinajstić information content (AvgIpc) is 2.31. The molecule has 0 saturated carbocycles. The minimum absolute atomic E-state index is 0.328. The largest absolute Gasteiger partial charge is 0.525 e. The highest BCUT2D eigenvalue weighted by atomic mass is 35.5. The first kappa shape index (κ1) is 11.5. The zero-order chi connectivity index (χ0) is 12.6. The molecule has 0 aromatic carbocycles. The van der Waals surface area contributed by atoms with Crippen LogP contribution in [0, 0.1) is 0 Å². The number of carbonyl (C=O) groups excluding carboxylic acids is 2. The highest BCUT2D eigenvalue weighted by molar-refractivity contribution is 6.21. The maximum Gasteiger partial charge on any atom is 0.525 e. The van der Waals surface area contributed by atoms with Crippen molar-refractivity contribution in [2.24, 2.45) is 0 Å². The van der Waals surface area contributed by atoms with Crippen molar-refractivity contribution in [1.29, 1.82) is 0 Å². The zero-order valence-electron chi connectivity index (χ0n) is 7.78. The van der Waals surface area contributed by atoms with Gasteiger partial charge in [0.05, 0.1) is 0 Å². The molecule has 0 aliphatic carbocycles. The smallest absolute Gasteiger partial charge is 0.389 e. The number of pyridine rings is 1. The van der Waals surface area contributed by atoms with E-state index in [0.717, 1.165) is 12.1 Å². The normalized spacial score (nSPS) is 15.2. The van der Waals surface area contributed by atoms with Gasteiger partial charge in [-0.05, 0) is 23.7 Å². The summed E-state index contributed by atoms with van der Waals surface area (Å²) in [7, 11) is 0. The predicted octanol–water partition coefficient (Wildman–Crippen LogP) is 2.40. The average molecular weight is 266 g/mol. The molecule has 0 amide bonds. The molecule has 90 valence electrons. The summed E-state index contributed by atoms with van der Waals surface area (Å²) in [5.74, 6) is -0.954. The van der Waals surface area contributed by atoms with E-state index < -0.39 is 29.3 Å². The minimum Gasteiger partial charge on any atom is -0.389 e. The van der Waals surface area contributed by atoms with Gasteiger partial charge in [0.25, 0.3) is 5.88 Å². The van der Waals surface area contributed by atoms with E-state index in [-0.39, 0.29) is 5.75 Å². The maximum atomic E-state index is 12.7. The molecule has 17 heavy (non-hydrogen) atoms. The quantitative estimate of drug-likeness (QED) is 0.441. The lowest BCUT2D eigenvalue weighted by Crippen LogP contribution is -2.15. The summed E-state index contributed by atoms with van der Waals surface area (Å²) in [5.41, 5.74) is -0.858. The molecule has 1 aliphatic rings. The highest BCUT2D eigenvalue weighted by Gasteiger charge is 2.33. The SMILES string of the molecule is O=C1OC(=O)Oc2nc(C(F)(F)Cl)ccc2O1. The van der Waals surface area contributed by atoms with E-state index in [2.05, 4.69) is 19.2 Å². The number of hydrogen-bond donors (Lipinski definition) is 0. The molecule has 0 radical (unpaired) electrons. The molecule has 2 heterocycles. The van der Waals surface area contributed by atoms with Crippen LogP contribution in [-0.2, 0) is 10.1 Å². The van der Waals surface area contributed by atoms with Gasteiger partial charge in [-0.25, -0.2) is 14.6 Å². The number of cyclic esters (lactones) is 2. The number of fused-ring (bicyclic) bond motifs is 1. The summed E-state index contributed by atoms with van der Waals surface area (Å²) in [6.07, 6.45) is -2.78. The molecule has 9 heteroatoms. The second-order valence-electron chi connectivity index (χ2n) is 2.80. The monoisotopic (exact) mass is 265 g/mol. The second kappa shape index (κ2) is 3.81. The van der Waals surface area contributed by atoms with Gasteiger partial charge in [-0.3, -0.25) is 0 Å². The number of halogens is 3. The van der Waals surface area contributed by atoms with Crippen LogP contribution in [0.1, 0.15) is 5.69 Å². The van der Waals surface area contributed by atoms with Crippen molar-refractivity contribution in [2.45, 2.75) is 5.38 Å². The summed E-state index contributed by atoms with van der Waals surface area (Å²) in [4.78, 5) is 24.8. The molecule has 0 unspecified atom stereocenters. The summed E-state index contributed by atoms with van der Waals surface area (Å²) >= 11 is 4.73. The van der Waals surface area contributed by atoms with Crippen LogP contribution in [0.3, 0.4) is 0 Å². The Morgan fingerprint density at radius 2 is 1.76 bits per heavy atom. The van der Waals surface area contributed by atoms with Crippen molar-refractivity contribution >= 4 is 23.9 Å². The lowest BCUT2D eigenvalue weighted by molar-refractivity contribution is 0.0876. The van der Waals surface area contributed by atoms with Crippen molar-refractivity contribution in [3.63, 3.8) is 0 Å². The van der Waals surface area contributed by atoms with E-state index in [4.69, 9.17) is 11.6 Å². The number of carbonyl (C=O) groups is 2. The lowest BCUT2D eigenvalue weighted by atomic mass is 10.3. The van der Waals surface area contributed by atoms with Gasteiger partial charge in [-0.1, -0.05) is 0 Å². The predicted molar refractivity (Wildman–Crippen MR) is 47.1 cm³/mol. The standard InChI is InChI=1S/C8H2ClF2NO5/c9-8(10,11)4-2-1-3-5(12-4)16-7(14)17-6(13)15-3/h1-2H. The van der Waals surface area contributed by atoms with Gasteiger partial charge in [-0.2, -0.15) is 8.78 Å². The Labute approximate surface area is 97.0 Å². The summed E-state index contributed by atoms with van der Waals surface area (Å²) < 4.78 is 38.2. The van der Waals surface area contributed by atoms with Crippen molar-refractivity contribution in [1.82, 2.24) is 4.98 Å². The number of rotatable bonds is 1. The third-order valence-electron chi connectivity index (χ3n) is 1.66. The van der Waals surface area contributed by atoms with Crippen molar-refractivity contribution in [3.8, 4) is 11.6 Å². The maximum absolute atomic E-state index is 12.7. The van der Waals surface area contributed by atoms with E-state index in [1.165, 1.54) is 0 Å². The number of alkyl halides is 3. The Bertz CT molecular complexity index is 501. The number of ether oxygens (including phenoxy) is 3. The molecular formula is C8H2ClF2NO5. The summed E-state index contributed by atoms with van der Waals surface area (Å²) in [5, 5.41) is -3.74. The first-order chi connectivity index (χ1) is 7.86. The molecule has 0 N–H and O–H groups in total. The Morgan fingerprint density at radius 3 is 2.41 bits per heavy atom. The van der Waals surface area contributed by atoms with Crippen molar-refractivity contribution < 1.29 is 32.6 Å². The van der Waals surface area contributed by atoms with Crippen LogP contribution in [0.25, 0.3) is 0 Å². The molecule has 0 spiro atoms. The third kappa shape index (κ3) is 2.41. The Hall–Kier alpha value is -1.96. The molecule has 0 fully saturated rings. The summed E-state index contributed by atoms with van der Waals surface area (Å²) in [6.45, 7) is 0. The molecule has 0 bridgehead atoms. The molecule has 6 nitrogen and oxygen atoms in total. The first-order valence-corrected chi connectivity index (χ1v) is 4.44. The number of aromatic nitrogens is 1. The van der Waals surface area contributed by atoms with Crippen molar-refractivity contribution in [3.05, 3.63) is 17.8 Å². The van der Waals surface area contributed by atoms with Crippen LogP contribution in [0.2, 0.25) is 0 Å². The fourth-order valence-corrected chi connectivity index (χ4v) is 1.12. The van der Waals surface area contributed by atoms with Gasteiger partial charge < -0.3 is 14.2 Å². The van der Waals surface area contributed by atoms with Gasteiger partial charge in [-0.15, -0.1) is 0 Å². The van der Waals surface area contributed by atoms with Gasteiger partial charge >= 0.3 is 17.7 Å². The van der Waals surface area contributed by atoms with Crippen LogP contribution in [-0.4, -0.2) is 17.3 Å². The van der Waals surface area contributed by atoms with Crippen LogP contribution in [0.5, 0.6) is 11.6 Å². The minimum atomic E-state index is -3.74. The van der Waals surface area contributed by atoms with Gasteiger partial charge in [0.15, 0.2) is 5.75 Å². The Morgan fingerprint density at radius 1 is 1.12 bits per heavy atom. The van der Waals surface area contributed by atoms with Crippen molar-refractivity contribution in [2.75, 3.05) is 0 Å². The van der Waals surface area contributed by atoms with E-state index in [1.807, 2.05) is 0 Å². The topological polar surface area (TPSA) is 74.7 Å². The molecule has 1 aromatic heterocycles.